The van der Waals surface area contributed by atoms with Gasteiger partial charge in [0.2, 0.25) is 0 Å². The van der Waals surface area contributed by atoms with E-state index in [-0.39, 0.29) is 43.3 Å². The number of fused-ring (bicyclic) bond motifs is 8. The van der Waals surface area contributed by atoms with Crippen LogP contribution in [0.15, 0.2) is 209 Å². The summed E-state index contributed by atoms with van der Waals surface area (Å²) >= 11 is 0. The summed E-state index contributed by atoms with van der Waals surface area (Å²) in [5, 5.41) is 21.8. The molecule has 0 amide bonds. The van der Waals surface area contributed by atoms with Gasteiger partial charge in [0.15, 0.2) is 16.9 Å². The fraction of sp³-hybridized carbons (Fsp3) is 0.381. The van der Waals surface area contributed by atoms with Crippen molar-refractivity contribution in [2.75, 3.05) is 0 Å². The number of aromatic nitrogens is 20. The first kappa shape index (κ1) is 77.4. The van der Waals surface area contributed by atoms with Crippen LogP contribution in [0.25, 0.3) is 55.7 Å². The van der Waals surface area contributed by atoms with Crippen molar-refractivity contribution in [1.82, 2.24) is 97.1 Å². The third-order valence-corrected chi connectivity index (χ3v) is 17.4. The molecule has 20 nitrogen and oxygen atoms in total. The van der Waals surface area contributed by atoms with Gasteiger partial charge < -0.3 is 14.4 Å². The first-order valence-electron chi connectivity index (χ1n) is 35.5. The van der Waals surface area contributed by atoms with Gasteiger partial charge in [0.05, 0.1) is 46.2 Å². The SMILES string of the molecule is CC(C)(C)c1cc2nccn2cn1.CC(C)(C)c1cc2nncn2cn1.CC(C)(C)c1ccc2cc[nH]c2c1.CC(C)(C)c1ccc2cccn2n1.CC(C)(C)c1ccc2nc[nH]c2c1.CC(C)(C)c1ccn2ccnc2c1.CC(C)(C)c1ccn2ncnc2c1.CC(C)(C)c1cnc2ccnn2c1. The second-order valence-electron chi connectivity index (χ2n) is 34.4. The third-order valence-electron chi connectivity index (χ3n) is 17.4. The van der Waals surface area contributed by atoms with Crippen molar-refractivity contribution < 1.29 is 0 Å². The molecule has 0 spiro atoms. The van der Waals surface area contributed by atoms with E-state index in [0.717, 1.165) is 61.9 Å². The zero-order chi connectivity index (χ0) is 75.8. The molecule has 16 rings (SSSR count). The zero-order valence-corrected chi connectivity index (χ0v) is 65.7. The number of H-pyrrole nitrogens is 2. The van der Waals surface area contributed by atoms with Crippen molar-refractivity contribution in [3.8, 4) is 0 Å². The lowest BCUT2D eigenvalue weighted by Crippen LogP contribution is -2.14. The van der Waals surface area contributed by atoms with Gasteiger partial charge in [-0.25, -0.2) is 48.4 Å². The van der Waals surface area contributed by atoms with Crippen LogP contribution in [0.2, 0.25) is 0 Å². The molecule has 0 unspecified atom stereocenters. The van der Waals surface area contributed by atoms with Gasteiger partial charge in [0, 0.05) is 102 Å². The summed E-state index contributed by atoms with van der Waals surface area (Å²) in [7, 11) is 0. The fourth-order valence-electron chi connectivity index (χ4n) is 10.5. The Labute approximate surface area is 613 Å². The van der Waals surface area contributed by atoms with Crippen LogP contribution in [0.3, 0.4) is 0 Å². The van der Waals surface area contributed by atoms with Crippen LogP contribution in [-0.4, -0.2) is 97.1 Å². The maximum absolute atomic E-state index is 4.52. The summed E-state index contributed by atoms with van der Waals surface area (Å²) in [4.78, 5) is 36.2. The average Bonchev–Trinajstić information content (AvgIpc) is 1.73. The first-order valence-corrected chi connectivity index (χ1v) is 35.5. The van der Waals surface area contributed by atoms with Crippen LogP contribution >= 0.6 is 0 Å². The molecule has 0 saturated heterocycles. The highest BCUT2D eigenvalue weighted by molar-refractivity contribution is 5.80. The Morgan fingerprint density at radius 3 is 1.54 bits per heavy atom. The summed E-state index contributed by atoms with van der Waals surface area (Å²) in [6.45, 7) is 52.4. The second-order valence-corrected chi connectivity index (χ2v) is 34.4. The lowest BCUT2D eigenvalue weighted by atomic mass is 9.87. The number of aromatic amines is 2. The van der Waals surface area contributed by atoms with E-state index in [4.69, 9.17) is 0 Å². The van der Waals surface area contributed by atoms with Crippen molar-refractivity contribution >= 4 is 55.7 Å². The predicted molar refractivity (Wildman–Crippen MR) is 424 cm³/mol. The highest BCUT2D eigenvalue weighted by atomic mass is 15.3. The number of pyridine rings is 2. The van der Waals surface area contributed by atoms with Crippen molar-refractivity contribution in [2.24, 2.45) is 0 Å². The second kappa shape index (κ2) is 31.1. The summed E-state index contributed by atoms with van der Waals surface area (Å²) < 4.78 is 11.2. The normalized spacial score (nSPS) is 12.2. The number of hydrogen-bond acceptors (Lipinski definition) is 12. The number of hydrogen-bond donors (Lipinski definition) is 2. The Morgan fingerprint density at radius 1 is 0.337 bits per heavy atom. The monoisotopic (exact) mass is 1400 g/mol. The van der Waals surface area contributed by atoms with Crippen molar-refractivity contribution in [1.29, 1.82) is 0 Å². The number of benzene rings is 2. The van der Waals surface area contributed by atoms with Gasteiger partial charge >= 0.3 is 0 Å². The molecular weight excluding hydrogens is 1290 g/mol. The van der Waals surface area contributed by atoms with Crippen molar-refractivity contribution in [3.05, 3.63) is 254 Å². The van der Waals surface area contributed by atoms with E-state index in [1.807, 2.05) is 93.5 Å². The number of nitrogens with one attached hydrogen (secondary N) is 2. The van der Waals surface area contributed by atoms with Crippen LogP contribution in [0.4, 0.5) is 0 Å². The molecule has 0 fully saturated rings. The maximum Gasteiger partial charge on any atom is 0.163 e. The quantitative estimate of drug-likeness (QED) is 0.145. The van der Waals surface area contributed by atoms with E-state index in [1.165, 1.54) is 38.7 Å². The van der Waals surface area contributed by atoms with Gasteiger partial charge in [-0.2, -0.15) is 15.3 Å². The van der Waals surface area contributed by atoms with Gasteiger partial charge in [-0.3, -0.25) is 8.80 Å². The number of imidazole rings is 3. The first-order chi connectivity index (χ1) is 48.6. The molecule has 14 aromatic heterocycles. The smallest absolute Gasteiger partial charge is 0.163 e. The topological polar surface area (TPSA) is 213 Å². The van der Waals surface area contributed by atoms with Crippen molar-refractivity contribution in [3.63, 3.8) is 0 Å². The molecule has 2 N–H and O–H groups in total. The van der Waals surface area contributed by atoms with Crippen LogP contribution in [0, 0.1) is 0 Å². The molecule has 0 aliphatic heterocycles. The third kappa shape index (κ3) is 20.7. The molecule has 0 atom stereocenters. The van der Waals surface area contributed by atoms with Crippen molar-refractivity contribution in [2.45, 2.75) is 209 Å². The molecule has 104 heavy (non-hydrogen) atoms. The Bertz CT molecular complexity index is 4380. The van der Waals surface area contributed by atoms with Crippen LogP contribution < -0.4 is 0 Å². The average molecular weight is 1400 g/mol. The van der Waals surface area contributed by atoms with Crippen LogP contribution in [0.1, 0.15) is 211 Å². The fourth-order valence-corrected chi connectivity index (χ4v) is 10.5. The lowest BCUT2D eigenvalue weighted by molar-refractivity contribution is 0.554. The molecule has 16 aromatic rings. The summed E-state index contributed by atoms with van der Waals surface area (Å²) in [5.74, 6) is 0. The highest BCUT2D eigenvalue weighted by Crippen LogP contribution is 2.29. The van der Waals surface area contributed by atoms with E-state index in [0.29, 0.717) is 0 Å². The standard InChI is InChI=1S/C12H15N.3C11H14N2.3C10H13N3.C9H12N4/c1-12(2,3)10-5-4-9-6-7-13-11(9)8-10;1-11(2,3)9-4-6-13-7-5-12-10(13)8-9;1-11(2,3)8-4-5-9-10(6-8)13-7-12-9;1-11(2,3)10-7-6-9-5-4-8-13(9)12-10;1-10(2,3)8-6-9-11-4-5-13(9)7-12-8;1-10(2,3)8-6-11-9-4-5-12-13(9)7-8;1-10(2,3)8-4-5-13-9(6-8)11-7-12-13;1-9(2,3)7-4-8-12-11-6-13(8)5-10-7/h4-8,13H,1-3H3;4-8H,1-3H3;4-7H,1-3H3,(H,12,13);4-8H,1-3H3;3*4-7H,1-3H3;4-6H,1-3H3. The Morgan fingerprint density at radius 2 is 0.904 bits per heavy atom. The summed E-state index contributed by atoms with van der Waals surface area (Å²) in [6.07, 6.45) is 29.6. The summed E-state index contributed by atoms with van der Waals surface area (Å²) in [6, 6.07) is 37.7. The summed E-state index contributed by atoms with van der Waals surface area (Å²) in [5.41, 5.74) is 20.1. The molecule has 0 aliphatic rings. The Hall–Kier alpha value is -10.8. The van der Waals surface area contributed by atoms with E-state index in [1.54, 1.807) is 51.1 Å². The predicted octanol–water partition coefficient (Wildman–Crippen LogP) is 19.1. The molecule has 14 heterocycles. The minimum atomic E-state index is 0.0632. The Balaban J connectivity index is 0.000000138. The van der Waals surface area contributed by atoms with Gasteiger partial charge in [0.25, 0.3) is 0 Å². The largest absolute Gasteiger partial charge is 0.361 e. The molecule has 544 valence electrons. The van der Waals surface area contributed by atoms with E-state index in [2.05, 4.69) is 328 Å². The highest BCUT2D eigenvalue weighted by Gasteiger charge is 2.21. The van der Waals surface area contributed by atoms with E-state index in [9.17, 15) is 0 Å². The van der Waals surface area contributed by atoms with E-state index < -0.39 is 0 Å². The van der Waals surface area contributed by atoms with Gasteiger partial charge in [0.1, 0.15) is 36.6 Å². The van der Waals surface area contributed by atoms with Crippen LogP contribution in [0.5, 0.6) is 0 Å². The molecular formula is C84H108N20. The lowest BCUT2D eigenvalue weighted by Gasteiger charge is -2.18. The maximum atomic E-state index is 4.52. The minimum Gasteiger partial charge on any atom is -0.361 e. The van der Waals surface area contributed by atoms with E-state index >= 15 is 0 Å². The molecule has 0 radical (unpaired) electrons. The minimum absolute atomic E-state index is 0.0632. The van der Waals surface area contributed by atoms with Gasteiger partial charge in [-0.15, -0.1) is 10.2 Å². The Kier molecular flexibility index (Phi) is 23.1. The zero-order valence-electron chi connectivity index (χ0n) is 65.7. The molecule has 0 bridgehead atoms. The van der Waals surface area contributed by atoms with Gasteiger partial charge in [-0.05, 0) is 133 Å². The van der Waals surface area contributed by atoms with Gasteiger partial charge in [-0.1, -0.05) is 184 Å². The number of rotatable bonds is 0. The molecule has 0 aliphatic carbocycles. The van der Waals surface area contributed by atoms with Crippen LogP contribution in [-0.2, 0) is 43.3 Å². The molecule has 20 heteroatoms. The molecule has 2 aromatic carbocycles. The number of nitrogens with zero attached hydrogens (tertiary/aromatic N) is 18. The molecule has 0 saturated carbocycles.